The van der Waals surface area contributed by atoms with E-state index >= 15 is 0 Å². The molecule has 1 atom stereocenters. The fraction of sp³-hybridized carbons (Fsp3) is 0.438. The highest BCUT2D eigenvalue weighted by atomic mass is 32.2. The lowest BCUT2D eigenvalue weighted by Gasteiger charge is -2.23. The Bertz CT molecular complexity index is 743. The van der Waals surface area contributed by atoms with Gasteiger partial charge < -0.3 is 9.30 Å². The van der Waals surface area contributed by atoms with Gasteiger partial charge in [0, 0.05) is 51.1 Å². The Hall–Kier alpha value is -1.70. The van der Waals surface area contributed by atoms with Gasteiger partial charge in [0.05, 0.1) is 6.54 Å². The Morgan fingerprint density at radius 1 is 1.30 bits per heavy atom. The van der Waals surface area contributed by atoms with Crippen molar-refractivity contribution < 1.29 is 13.2 Å². The number of sulfonamides is 1. The van der Waals surface area contributed by atoms with Crippen LogP contribution in [0, 0.1) is 5.92 Å². The first-order valence-corrected chi connectivity index (χ1v) is 9.08. The van der Waals surface area contributed by atoms with Crippen LogP contribution in [0.3, 0.4) is 0 Å². The van der Waals surface area contributed by atoms with E-state index in [0.717, 1.165) is 18.7 Å². The van der Waals surface area contributed by atoms with Crippen LogP contribution in [-0.2, 0) is 27.8 Å². The summed E-state index contributed by atoms with van der Waals surface area (Å²) in [5.41, 5.74) is 1.01. The molecule has 2 aromatic heterocycles. The molecule has 0 aliphatic carbocycles. The molecule has 0 spiro atoms. The zero-order valence-corrected chi connectivity index (χ0v) is 13.9. The van der Waals surface area contributed by atoms with Gasteiger partial charge in [0.15, 0.2) is 0 Å². The standard InChI is InChI=1S/C16H21N3O3S/c1-22-9-6-14-11-18-8-3-4-15(18)13-19(12-14)23(20,21)16-5-2-7-17-10-16/h2-5,7-8,10,14H,6,9,11-13H2,1H3/t14-/m1/s1. The minimum atomic E-state index is -3.55. The molecule has 124 valence electrons. The normalized spacial score (nSPS) is 19.3. The largest absolute Gasteiger partial charge is 0.385 e. The van der Waals surface area contributed by atoms with Gasteiger partial charge in [0.1, 0.15) is 4.90 Å². The fourth-order valence-corrected chi connectivity index (χ4v) is 4.39. The van der Waals surface area contributed by atoms with E-state index in [-0.39, 0.29) is 10.8 Å². The van der Waals surface area contributed by atoms with E-state index in [1.807, 2.05) is 18.3 Å². The zero-order chi connectivity index (χ0) is 16.3. The summed E-state index contributed by atoms with van der Waals surface area (Å²) >= 11 is 0. The molecule has 0 unspecified atom stereocenters. The minimum absolute atomic E-state index is 0.218. The monoisotopic (exact) mass is 335 g/mol. The molecule has 0 saturated carbocycles. The Kier molecular flexibility index (Phi) is 4.79. The number of hydrogen-bond donors (Lipinski definition) is 0. The van der Waals surface area contributed by atoms with Gasteiger partial charge in [0.25, 0.3) is 0 Å². The molecule has 1 aliphatic heterocycles. The highest BCUT2D eigenvalue weighted by Crippen LogP contribution is 2.25. The lowest BCUT2D eigenvalue weighted by atomic mass is 10.1. The van der Waals surface area contributed by atoms with E-state index in [0.29, 0.717) is 19.7 Å². The summed E-state index contributed by atoms with van der Waals surface area (Å²) in [6, 6.07) is 7.18. The lowest BCUT2D eigenvalue weighted by molar-refractivity contribution is 0.167. The van der Waals surface area contributed by atoms with Crippen LogP contribution in [0.2, 0.25) is 0 Å². The Morgan fingerprint density at radius 3 is 2.91 bits per heavy atom. The second-order valence-corrected chi connectivity index (χ2v) is 7.72. The molecule has 3 heterocycles. The fourth-order valence-electron chi connectivity index (χ4n) is 2.94. The van der Waals surface area contributed by atoms with Gasteiger partial charge in [-0.3, -0.25) is 4.98 Å². The van der Waals surface area contributed by atoms with E-state index < -0.39 is 10.0 Å². The number of fused-ring (bicyclic) bond motifs is 1. The lowest BCUT2D eigenvalue weighted by Crippen LogP contribution is -2.34. The molecule has 0 fully saturated rings. The molecular weight excluding hydrogens is 314 g/mol. The maximum atomic E-state index is 12.9. The predicted molar refractivity (Wildman–Crippen MR) is 86.2 cm³/mol. The highest BCUT2D eigenvalue weighted by molar-refractivity contribution is 7.89. The first-order valence-electron chi connectivity index (χ1n) is 7.64. The smallest absolute Gasteiger partial charge is 0.244 e. The minimum Gasteiger partial charge on any atom is -0.385 e. The molecule has 0 N–H and O–H groups in total. The van der Waals surface area contributed by atoms with E-state index in [1.165, 1.54) is 6.20 Å². The third kappa shape index (κ3) is 3.46. The van der Waals surface area contributed by atoms with Crippen LogP contribution >= 0.6 is 0 Å². The van der Waals surface area contributed by atoms with Crippen LogP contribution in [0.4, 0.5) is 0 Å². The summed E-state index contributed by atoms with van der Waals surface area (Å²) in [7, 11) is -1.88. The molecule has 0 aromatic carbocycles. The van der Waals surface area contributed by atoms with Crippen molar-refractivity contribution in [3.05, 3.63) is 48.5 Å². The molecule has 0 radical (unpaired) electrons. The molecule has 0 amide bonds. The predicted octanol–water partition coefficient (Wildman–Crippen LogP) is 1.74. The molecule has 6 nitrogen and oxygen atoms in total. The van der Waals surface area contributed by atoms with Crippen molar-refractivity contribution in [3.8, 4) is 0 Å². The molecule has 0 saturated heterocycles. The topological polar surface area (TPSA) is 64.4 Å². The Morgan fingerprint density at radius 2 is 2.17 bits per heavy atom. The third-order valence-corrected chi connectivity index (χ3v) is 5.98. The summed E-state index contributed by atoms with van der Waals surface area (Å²) in [6.45, 7) is 2.31. The Balaban J connectivity index is 1.91. The van der Waals surface area contributed by atoms with Crippen LogP contribution in [0.5, 0.6) is 0 Å². The van der Waals surface area contributed by atoms with Crippen LogP contribution in [-0.4, -0.2) is 42.5 Å². The van der Waals surface area contributed by atoms with Crippen molar-refractivity contribution in [2.45, 2.75) is 24.4 Å². The van der Waals surface area contributed by atoms with Crippen LogP contribution in [0.15, 0.2) is 47.8 Å². The van der Waals surface area contributed by atoms with Crippen LogP contribution in [0.25, 0.3) is 0 Å². The summed E-state index contributed by atoms with van der Waals surface area (Å²) in [6.07, 6.45) is 5.82. The van der Waals surface area contributed by atoms with Crippen molar-refractivity contribution in [2.75, 3.05) is 20.3 Å². The molecule has 2 aromatic rings. The summed E-state index contributed by atoms with van der Waals surface area (Å²) in [5.74, 6) is 0.218. The maximum absolute atomic E-state index is 12.9. The van der Waals surface area contributed by atoms with E-state index in [4.69, 9.17) is 4.74 Å². The van der Waals surface area contributed by atoms with Crippen molar-refractivity contribution in [1.82, 2.24) is 13.9 Å². The first-order chi connectivity index (χ1) is 11.1. The number of pyridine rings is 1. The number of rotatable bonds is 5. The molecule has 23 heavy (non-hydrogen) atoms. The van der Waals surface area contributed by atoms with Crippen molar-refractivity contribution in [3.63, 3.8) is 0 Å². The molecule has 7 heteroatoms. The van der Waals surface area contributed by atoms with Gasteiger partial charge in [-0.2, -0.15) is 4.31 Å². The summed E-state index contributed by atoms with van der Waals surface area (Å²) in [4.78, 5) is 4.18. The van der Waals surface area contributed by atoms with Gasteiger partial charge in [0.2, 0.25) is 10.0 Å². The first kappa shape index (κ1) is 16.2. The van der Waals surface area contributed by atoms with Crippen molar-refractivity contribution >= 4 is 10.0 Å². The molecule has 0 bridgehead atoms. The van der Waals surface area contributed by atoms with E-state index in [1.54, 1.807) is 29.7 Å². The number of aromatic nitrogens is 2. The van der Waals surface area contributed by atoms with Crippen LogP contribution < -0.4 is 0 Å². The quantitative estimate of drug-likeness (QED) is 0.835. The van der Waals surface area contributed by atoms with Crippen LogP contribution in [0.1, 0.15) is 12.1 Å². The van der Waals surface area contributed by atoms with E-state index in [2.05, 4.69) is 9.55 Å². The Labute approximate surface area is 136 Å². The molecule has 3 rings (SSSR count). The second kappa shape index (κ2) is 6.82. The molecule has 1 aliphatic rings. The number of methoxy groups -OCH3 is 1. The number of ether oxygens (including phenoxy) is 1. The third-order valence-electron chi connectivity index (χ3n) is 4.18. The second-order valence-electron chi connectivity index (χ2n) is 5.79. The number of hydrogen-bond acceptors (Lipinski definition) is 4. The number of nitrogens with zero attached hydrogens (tertiary/aromatic N) is 3. The average molecular weight is 335 g/mol. The summed E-state index contributed by atoms with van der Waals surface area (Å²) in [5, 5.41) is 0. The van der Waals surface area contributed by atoms with Gasteiger partial charge >= 0.3 is 0 Å². The zero-order valence-electron chi connectivity index (χ0n) is 13.1. The van der Waals surface area contributed by atoms with Gasteiger partial charge in [-0.05, 0) is 36.6 Å². The van der Waals surface area contributed by atoms with Crippen molar-refractivity contribution in [2.24, 2.45) is 5.92 Å². The maximum Gasteiger partial charge on any atom is 0.244 e. The van der Waals surface area contributed by atoms with Gasteiger partial charge in [-0.15, -0.1) is 0 Å². The van der Waals surface area contributed by atoms with E-state index in [9.17, 15) is 8.42 Å². The summed E-state index contributed by atoms with van der Waals surface area (Å²) < 4.78 is 34.7. The molecular formula is C16H21N3O3S. The van der Waals surface area contributed by atoms with Gasteiger partial charge in [-0.1, -0.05) is 0 Å². The highest BCUT2D eigenvalue weighted by Gasteiger charge is 2.30. The average Bonchev–Trinajstić information content (AvgIpc) is 2.91. The van der Waals surface area contributed by atoms with Gasteiger partial charge in [-0.25, -0.2) is 8.42 Å². The van der Waals surface area contributed by atoms with Crippen molar-refractivity contribution in [1.29, 1.82) is 0 Å². The SMILES string of the molecule is COCC[C@H]1CN(S(=O)(=O)c2cccnc2)Cc2cccn2C1.